The number of benzene rings is 1. The SMILES string of the molecule is Cc1nc(N)nc2c1C(=O)CC(c1ccccc1Oc1ccccn1)C2. The summed E-state index contributed by atoms with van der Waals surface area (Å²) in [4.78, 5) is 25.3. The molecule has 0 saturated heterocycles. The molecule has 2 N–H and O–H groups in total. The number of para-hydroxylation sites is 1. The van der Waals surface area contributed by atoms with Crippen LogP contribution in [0.2, 0.25) is 0 Å². The van der Waals surface area contributed by atoms with Crippen LogP contribution in [0, 0.1) is 6.92 Å². The van der Waals surface area contributed by atoms with Gasteiger partial charge in [-0.3, -0.25) is 4.79 Å². The second-order valence-electron chi connectivity index (χ2n) is 6.33. The van der Waals surface area contributed by atoms with E-state index in [1.165, 1.54) is 0 Å². The molecule has 1 unspecified atom stereocenters. The number of nitrogens with two attached hydrogens (primary N) is 1. The third kappa shape index (κ3) is 3.01. The number of aromatic nitrogens is 3. The minimum atomic E-state index is -0.0244. The van der Waals surface area contributed by atoms with E-state index in [0.717, 1.165) is 5.56 Å². The van der Waals surface area contributed by atoms with Gasteiger partial charge in [-0.15, -0.1) is 0 Å². The molecule has 26 heavy (non-hydrogen) atoms. The Morgan fingerprint density at radius 1 is 1.08 bits per heavy atom. The van der Waals surface area contributed by atoms with E-state index in [1.54, 1.807) is 19.2 Å². The molecule has 3 aromatic rings. The van der Waals surface area contributed by atoms with Crippen LogP contribution in [0.1, 0.15) is 39.6 Å². The van der Waals surface area contributed by atoms with Crippen molar-refractivity contribution >= 4 is 11.7 Å². The summed E-state index contributed by atoms with van der Waals surface area (Å²) in [6.45, 7) is 1.80. The number of pyridine rings is 1. The number of ether oxygens (including phenoxy) is 1. The molecule has 1 aliphatic rings. The molecule has 4 rings (SSSR count). The lowest BCUT2D eigenvalue weighted by Gasteiger charge is -2.25. The maximum Gasteiger partial charge on any atom is 0.220 e. The number of carbonyl (C=O) groups is 1. The van der Waals surface area contributed by atoms with Gasteiger partial charge in [0.05, 0.1) is 17.0 Å². The smallest absolute Gasteiger partial charge is 0.220 e. The molecular formula is C20H18N4O2. The van der Waals surface area contributed by atoms with Crippen LogP contribution in [0.25, 0.3) is 0 Å². The molecule has 1 aliphatic carbocycles. The minimum Gasteiger partial charge on any atom is -0.439 e. The Hall–Kier alpha value is -3.28. The first kappa shape index (κ1) is 16.2. The molecule has 0 saturated carbocycles. The van der Waals surface area contributed by atoms with Crippen LogP contribution in [-0.4, -0.2) is 20.7 Å². The van der Waals surface area contributed by atoms with Crippen molar-refractivity contribution in [3.63, 3.8) is 0 Å². The van der Waals surface area contributed by atoms with Crippen molar-refractivity contribution in [3.8, 4) is 11.6 Å². The number of aryl methyl sites for hydroxylation is 1. The number of ketones is 1. The van der Waals surface area contributed by atoms with E-state index in [9.17, 15) is 4.79 Å². The van der Waals surface area contributed by atoms with Gasteiger partial charge < -0.3 is 10.5 Å². The van der Waals surface area contributed by atoms with E-state index in [0.29, 0.717) is 41.4 Å². The molecule has 6 nitrogen and oxygen atoms in total. The first-order valence-electron chi connectivity index (χ1n) is 8.46. The molecule has 2 heterocycles. The van der Waals surface area contributed by atoms with Gasteiger partial charge >= 0.3 is 0 Å². The molecule has 6 heteroatoms. The Balaban J connectivity index is 1.70. The van der Waals surface area contributed by atoms with Crippen molar-refractivity contribution in [1.29, 1.82) is 0 Å². The lowest BCUT2D eigenvalue weighted by molar-refractivity contribution is 0.0961. The number of hydrogen-bond acceptors (Lipinski definition) is 6. The van der Waals surface area contributed by atoms with Gasteiger partial charge in [-0.2, -0.15) is 0 Å². The van der Waals surface area contributed by atoms with Crippen molar-refractivity contribution in [2.24, 2.45) is 0 Å². The first-order valence-corrected chi connectivity index (χ1v) is 8.46. The highest BCUT2D eigenvalue weighted by molar-refractivity contribution is 5.99. The van der Waals surface area contributed by atoms with Crippen LogP contribution in [0.15, 0.2) is 48.7 Å². The zero-order valence-electron chi connectivity index (χ0n) is 14.3. The highest BCUT2D eigenvalue weighted by atomic mass is 16.5. The second-order valence-corrected chi connectivity index (χ2v) is 6.33. The van der Waals surface area contributed by atoms with Crippen LogP contribution in [0.4, 0.5) is 5.95 Å². The van der Waals surface area contributed by atoms with Crippen molar-refractivity contribution < 1.29 is 9.53 Å². The second kappa shape index (κ2) is 6.55. The van der Waals surface area contributed by atoms with Gasteiger partial charge in [0.2, 0.25) is 11.8 Å². The summed E-state index contributed by atoms with van der Waals surface area (Å²) in [5, 5.41) is 0. The molecule has 2 aromatic heterocycles. The van der Waals surface area contributed by atoms with Gasteiger partial charge in [0, 0.05) is 24.6 Å². The van der Waals surface area contributed by atoms with E-state index < -0.39 is 0 Å². The van der Waals surface area contributed by atoms with Gasteiger partial charge in [-0.1, -0.05) is 24.3 Å². The molecule has 0 bridgehead atoms. The fraction of sp³-hybridized carbons (Fsp3) is 0.200. The summed E-state index contributed by atoms with van der Waals surface area (Å²) >= 11 is 0. The molecule has 0 amide bonds. The van der Waals surface area contributed by atoms with Crippen molar-refractivity contribution in [3.05, 3.63) is 71.2 Å². The van der Waals surface area contributed by atoms with Gasteiger partial charge in [0.1, 0.15) is 5.75 Å². The van der Waals surface area contributed by atoms with Crippen LogP contribution >= 0.6 is 0 Å². The minimum absolute atomic E-state index is 0.0244. The highest BCUT2D eigenvalue weighted by Gasteiger charge is 2.31. The summed E-state index contributed by atoms with van der Waals surface area (Å²) in [5.74, 6) is 1.44. The number of hydrogen-bond donors (Lipinski definition) is 1. The zero-order chi connectivity index (χ0) is 18.1. The van der Waals surface area contributed by atoms with Crippen LogP contribution in [-0.2, 0) is 6.42 Å². The van der Waals surface area contributed by atoms with Gasteiger partial charge in [-0.25, -0.2) is 15.0 Å². The Kier molecular flexibility index (Phi) is 4.08. The standard InChI is InChI=1S/C20H18N4O2/c1-12-19-15(24-20(21)23-12)10-13(11-16(19)25)14-6-2-3-7-17(14)26-18-8-4-5-9-22-18/h2-9,13H,10-11H2,1H3,(H2,21,23,24). The highest BCUT2D eigenvalue weighted by Crippen LogP contribution is 2.38. The average Bonchev–Trinajstić information content (AvgIpc) is 2.62. The number of nitrogen functional groups attached to an aromatic ring is 1. The predicted octanol–water partition coefficient (Wildman–Crippen LogP) is 3.47. The fourth-order valence-electron chi connectivity index (χ4n) is 3.45. The van der Waals surface area contributed by atoms with Crippen molar-refractivity contribution in [2.75, 3.05) is 5.73 Å². The molecule has 1 aromatic carbocycles. The van der Waals surface area contributed by atoms with E-state index in [4.69, 9.17) is 10.5 Å². The van der Waals surface area contributed by atoms with Gasteiger partial charge in [0.25, 0.3) is 0 Å². The molecule has 0 radical (unpaired) electrons. The van der Waals surface area contributed by atoms with E-state index in [2.05, 4.69) is 15.0 Å². The van der Waals surface area contributed by atoms with Crippen LogP contribution in [0.5, 0.6) is 11.6 Å². The van der Waals surface area contributed by atoms with E-state index in [-0.39, 0.29) is 17.6 Å². The van der Waals surface area contributed by atoms with Crippen molar-refractivity contribution in [2.45, 2.75) is 25.7 Å². The number of carbonyl (C=O) groups excluding carboxylic acids is 1. The topological polar surface area (TPSA) is 91.0 Å². The summed E-state index contributed by atoms with van der Waals surface area (Å²) in [7, 11) is 0. The molecule has 0 spiro atoms. The Morgan fingerprint density at radius 2 is 1.88 bits per heavy atom. The lowest BCUT2D eigenvalue weighted by atomic mass is 9.81. The van der Waals surface area contributed by atoms with E-state index >= 15 is 0 Å². The number of rotatable bonds is 3. The summed E-state index contributed by atoms with van der Waals surface area (Å²) in [6, 6.07) is 13.2. The first-order chi connectivity index (χ1) is 12.6. The quantitative estimate of drug-likeness (QED) is 0.781. The zero-order valence-corrected chi connectivity index (χ0v) is 14.3. The lowest BCUT2D eigenvalue weighted by Crippen LogP contribution is -2.23. The van der Waals surface area contributed by atoms with E-state index in [1.807, 2.05) is 36.4 Å². The number of anilines is 1. The molecule has 0 aliphatic heterocycles. The predicted molar refractivity (Wildman–Crippen MR) is 97.3 cm³/mol. The Labute approximate surface area is 151 Å². The van der Waals surface area contributed by atoms with Crippen molar-refractivity contribution in [1.82, 2.24) is 15.0 Å². The van der Waals surface area contributed by atoms with Gasteiger partial charge in [0.15, 0.2) is 5.78 Å². The molecule has 1 atom stereocenters. The normalized spacial score (nSPS) is 16.2. The summed E-state index contributed by atoms with van der Waals surface area (Å²) < 4.78 is 5.95. The van der Waals surface area contributed by atoms with Crippen LogP contribution < -0.4 is 10.5 Å². The maximum atomic E-state index is 12.7. The maximum absolute atomic E-state index is 12.7. The summed E-state index contributed by atoms with van der Waals surface area (Å²) in [5.41, 5.74) is 8.71. The monoisotopic (exact) mass is 346 g/mol. The van der Waals surface area contributed by atoms with Gasteiger partial charge in [-0.05, 0) is 31.0 Å². The summed E-state index contributed by atoms with van der Waals surface area (Å²) in [6.07, 6.45) is 2.70. The number of Topliss-reactive ketones (excluding diaryl/α,β-unsaturated/α-hetero) is 1. The number of fused-ring (bicyclic) bond motifs is 1. The Bertz CT molecular complexity index is 973. The fourth-order valence-corrected chi connectivity index (χ4v) is 3.45. The Morgan fingerprint density at radius 3 is 2.69 bits per heavy atom. The number of nitrogens with zero attached hydrogens (tertiary/aromatic N) is 3. The largest absolute Gasteiger partial charge is 0.439 e. The molecule has 0 fully saturated rings. The third-order valence-corrected chi connectivity index (χ3v) is 4.54. The van der Waals surface area contributed by atoms with Crippen LogP contribution in [0.3, 0.4) is 0 Å². The average molecular weight is 346 g/mol. The molecular weight excluding hydrogens is 328 g/mol. The molecule has 130 valence electrons. The third-order valence-electron chi connectivity index (χ3n) is 4.54.